The van der Waals surface area contributed by atoms with Crippen LogP contribution in [0.5, 0.6) is 0 Å². The van der Waals surface area contributed by atoms with Crippen LogP contribution in [-0.4, -0.2) is 72.6 Å². The van der Waals surface area contributed by atoms with Crippen LogP contribution >= 0.6 is 0 Å². The second-order valence-electron chi connectivity index (χ2n) is 7.84. The SMILES string of the molecule is CCNC(=NCCc1nc(C(C)C)no1)N1CCC(OCC2CCCO2)CC1. The average molecular weight is 394 g/mol. The molecule has 0 aromatic carbocycles. The molecule has 8 heteroatoms. The van der Waals surface area contributed by atoms with Gasteiger partial charge in [-0.2, -0.15) is 4.98 Å². The summed E-state index contributed by atoms with van der Waals surface area (Å²) in [6.07, 6.45) is 5.65. The van der Waals surface area contributed by atoms with Gasteiger partial charge in [0.1, 0.15) is 0 Å². The summed E-state index contributed by atoms with van der Waals surface area (Å²) >= 11 is 0. The molecule has 0 radical (unpaired) electrons. The summed E-state index contributed by atoms with van der Waals surface area (Å²) < 4.78 is 17.0. The number of hydrogen-bond donors (Lipinski definition) is 1. The van der Waals surface area contributed by atoms with Crippen molar-refractivity contribution in [2.24, 2.45) is 4.99 Å². The highest BCUT2D eigenvalue weighted by atomic mass is 16.5. The van der Waals surface area contributed by atoms with Gasteiger partial charge in [0.2, 0.25) is 5.89 Å². The topological polar surface area (TPSA) is 85.0 Å². The van der Waals surface area contributed by atoms with Gasteiger partial charge in [-0.1, -0.05) is 19.0 Å². The Morgan fingerprint density at radius 2 is 2.14 bits per heavy atom. The van der Waals surface area contributed by atoms with E-state index in [4.69, 9.17) is 19.0 Å². The van der Waals surface area contributed by atoms with Gasteiger partial charge in [-0.3, -0.25) is 4.99 Å². The van der Waals surface area contributed by atoms with Gasteiger partial charge < -0.3 is 24.2 Å². The molecule has 2 aliphatic rings. The zero-order valence-electron chi connectivity index (χ0n) is 17.5. The van der Waals surface area contributed by atoms with Gasteiger partial charge in [0.05, 0.1) is 25.4 Å². The molecule has 28 heavy (non-hydrogen) atoms. The average Bonchev–Trinajstić information content (AvgIpc) is 3.38. The van der Waals surface area contributed by atoms with E-state index in [-0.39, 0.29) is 5.92 Å². The minimum absolute atomic E-state index is 0.280. The normalized spacial score (nSPS) is 21.6. The van der Waals surface area contributed by atoms with E-state index in [0.717, 1.165) is 70.3 Å². The van der Waals surface area contributed by atoms with Gasteiger partial charge >= 0.3 is 0 Å². The first-order chi connectivity index (χ1) is 13.7. The molecule has 0 amide bonds. The lowest BCUT2D eigenvalue weighted by atomic mass is 10.1. The van der Waals surface area contributed by atoms with Crippen LogP contribution in [-0.2, 0) is 15.9 Å². The van der Waals surface area contributed by atoms with Crippen LogP contribution in [0.4, 0.5) is 0 Å². The number of guanidine groups is 1. The van der Waals surface area contributed by atoms with Crippen LogP contribution in [0.1, 0.15) is 64.1 Å². The summed E-state index contributed by atoms with van der Waals surface area (Å²) in [5, 5.41) is 7.41. The second-order valence-corrected chi connectivity index (χ2v) is 7.84. The Morgan fingerprint density at radius 3 is 2.79 bits per heavy atom. The Balaban J connectivity index is 1.43. The molecule has 2 saturated heterocycles. The van der Waals surface area contributed by atoms with E-state index in [1.165, 1.54) is 0 Å². The first kappa shape index (κ1) is 21.0. The van der Waals surface area contributed by atoms with Crippen molar-refractivity contribution in [3.05, 3.63) is 11.7 Å². The summed E-state index contributed by atoms with van der Waals surface area (Å²) in [5.74, 6) is 2.66. The van der Waals surface area contributed by atoms with Gasteiger partial charge in [-0.05, 0) is 32.6 Å². The predicted molar refractivity (Wildman–Crippen MR) is 108 cm³/mol. The number of nitrogens with zero attached hydrogens (tertiary/aromatic N) is 4. The molecule has 0 spiro atoms. The maximum absolute atomic E-state index is 6.08. The molecule has 1 aromatic heterocycles. The Morgan fingerprint density at radius 1 is 1.32 bits per heavy atom. The quantitative estimate of drug-likeness (QED) is 0.536. The molecule has 0 aliphatic carbocycles. The third-order valence-corrected chi connectivity index (χ3v) is 5.21. The van der Waals surface area contributed by atoms with Crippen molar-refractivity contribution in [3.63, 3.8) is 0 Å². The largest absolute Gasteiger partial charge is 0.376 e. The lowest BCUT2D eigenvalue weighted by molar-refractivity contribution is -0.0367. The lowest BCUT2D eigenvalue weighted by Crippen LogP contribution is -2.47. The molecular formula is C20H35N5O3. The molecule has 1 atom stereocenters. The molecule has 2 aliphatic heterocycles. The molecule has 1 N–H and O–H groups in total. The molecule has 1 unspecified atom stereocenters. The Hall–Kier alpha value is -1.67. The van der Waals surface area contributed by atoms with Crippen LogP contribution in [0.15, 0.2) is 9.52 Å². The fourth-order valence-corrected chi connectivity index (χ4v) is 3.54. The first-order valence-electron chi connectivity index (χ1n) is 10.7. The highest BCUT2D eigenvalue weighted by molar-refractivity contribution is 5.80. The van der Waals surface area contributed by atoms with Crippen molar-refractivity contribution in [1.29, 1.82) is 0 Å². The summed E-state index contributed by atoms with van der Waals surface area (Å²) in [6, 6.07) is 0. The molecule has 0 bridgehead atoms. The van der Waals surface area contributed by atoms with Gasteiger partial charge in [0, 0.05) is 38.6 Å². The fourth-order valence-electron chi connectivity index (χ4n) is 3.54. The number of piperidine rings is 1. The summed E-state index contributed by atoms with van der Waals surface area (Å²) in [6.45, 7) is 11.2. The van der Waals surface area contributed by atoms with Crippen LogP contribution in [0.3, 0.4) is 0 Å². The van der Waals surface area contributed by atoms with Crippen molar-refractivity contribution < 1.29 is 14.0 Å². The zero-order chi connectivity index (χ0) is 19.8. The lowest BCUT2D eigenvalue weighted by Gasteiger charge is -2.34. The van der Waals surface area contributed by atoms with E-state index >= 15 is 0 Å². The predicted octanol–water partition coefficient (Wildman–Crippen LogP) is 2.36. The van der Waals surface area contributed by atoms with Crippen LogP contribution in [0.25, 0.3) is 0 Å². The van der Waals surface area contributed by atoms with E-state index in [0.29, 0.717) is 31.1 Å². The number of likely N-dealkylation sites (tertiary alicyclic amines) is 1. The van der Waals surface area contributed by atoms with Crippen LogP contribution < -0.4 is 5.32 Å². The third-order valence-electron chi connectivity index (χ3n) is 5.21. The maximum Gasteiger partial charge on any atom is 0.228 e. The summed E-state index contributed by atoms with van der Waals surface area (Å²) in [7, 11) is 0. The van der Waals surface area contributed by atoms with E-state index < -0.39 is 0 Å². The molecule has 0 saturated carbocycles. The third kappa shape index (κ3) is 6.17. The summed E-state index contributed by atoms with van der Waals surface area (Å²) in [4.78, 5) is 11.5. The Bertz CT molecular complexity index is 605. The van der Waals surface area contributed by atoms with Crippen molar-refractivity contribution in [2.75, 3.05) is 39.4 Å². The smallest absolute Gasteiger partial charge is 0.228 e. The number of aromatic nitrogens is 2. The fraction of sp³-hybridized carbons (Fsp3) is 0.850. The second kappa shape index (κ2) is 10.8. The molecule has 2 fully saturated rings. The molecule has 3 rings (SSSR count). The van der Waals surface area contributed by atoms with Gasteiger partial charge in [0.15, 0.2) is 11.8 Å². The van der Waals surface area contributed by atoms with Crippen LogP contribution in [0.2, 0.25) is 0 Å². The van der Waals surface area contributed by atoms with Gasteiger partial charge in [0.25, 0.3) is 0 Å². The standard InChI is InChI=1S/C20H35N5O3/c1-4-21-20(22-10-7-18-23-19(15(2)3)24-28-18)25-11-8-16(9-12-25)27-14-17-6-5-13-26-17/h15-17H,4-14H2,1-3H3,(H,21,22). The van der Waals surface area contributed by atoms with E-state index in [1.807, 2.05) is 0 Å². The maximum atomic E-state index is 6.08. The summed E-state index contributed by atoms with van der Waals surface area (Å²) in [5.41, 5.74) is 0. The highest BCUT2D eigenvalue weighted by Crippen LogP contribution is 2.18. The molecule has 3 heterocycles. The van der Waals surface area contributed by atoms with Crippen molar-refractivity contribution >= 4 is 5.96 Å². The van der Waals surface area contributed by atoms with Crippen molar-refractivity contribution in [1.82, 2.24) is 20.4 Å². The molecule has 158 valence electrons. The number of rotatable bonds is 8. The monoisotopic (exact) mass is 393 g/mol. The van der Waals surface area contributed by atoms with Gasteiger partial charge in [-0.25, -0.2) is 0 Å². The minimum Gasteiger partial charge on any atom is -0.376 e. The Labute approximate surface area is 168 Å². The highest BCUT2D eigenvalue weighted by Gasteiger charge is 2.24. The minimum atomic E-state index is 0.280. The number of aliphatic imine (C=N–C) groups is 1. The Kier molecular flexibility index (Phi) is 8.09. The van der Waals surface area contributed by atoms with E-state index in [1.54, 1.807) is 0 Å². The van der Waals surface area contributed by atoms with Gasteiger partial charge in [-0.15, -0.1) is 0 Å². The number of nitrogens with one attached hydrogen (secondary N) is 1. The van der Waals surface area contributed by atoms with Crippen molar-refractivity contribution in [2.45, 2.75) is 71.0 Å². The number of ether oxygens (including phenoxy) is 2. The van der Waals surface area contributed by atoms with Crippen LogP contribution in [0, 0.1) is 0 Å². The molecular weight excluding hydrogens is 358 g/mol. The first-order valence-corrected chi connectivity index (χ1v) is 10.7. The molecule has 8 nitrogen and oxygen atoms in total. The molecule has 1 aromatic rings. The van der Waals surface area contributed by atoms with E-state index in [9.17, 15) is 0 Å². The zero-order valence-corrected chi connectivity index (χ0v) is 17.5. The van der Waals surface area contributed by atoms with E-state index in [2.05, 4.69) is 41.1 Å². The number of hydrogen-bond acceptors (Lipinski definition) is 6. The van der Waals surface area contributed by atoms with Crippen molar-refractivity contribution in [3.8, 4) is 0 Å².